The lowest BCUT2D eigenvalue weighted by atomic mass is 9.44. The summed E-state index contributed by atoms with van der Waals surface area (Å²) in [7, 11) is 0. The Morgan fingerprint density at radius 3 is 2.48 bits per heavy atom. The molecule has 3 unspecified atom stereocenters. The van der Waals surface area contributed by atoms with Gasteiger partial charge in [0.25, 0.3) is 0 Å². The van der Waals surface area contributed by atoms with Crippen LogP contribution in [0.4, 0.5) is 0 Å². The summed E-state index contributed by atoms with van der Waals surface area (Å²) in [5.41, 5.74) is 2.56. The normalized spacial score (nSPS) is 43.4. The summed E-state index contributed by atoms with van der Waals surface area (Å²) < 4.78 is 5.84. The second-order valence-corrected chi connectivity index (χ2v) is 12.8. The fourth-order valence-electron chi connectivity index (χ4n) is 9.66. The van der Waals surface area contributed by atoms with Crippen LogP contribution in [0.25, 0.3) is 0 Å². The van der Waals surface area contributed by atoms with Gasteiger partial charge in [0, 0.05) is 25.8 Å². The summed E-state index contributed by atoms with van der Waals surface area (Å²) in [5, 5.41) is 3.93. The molecule has 9 atom stereocenters. The second-order valence-electron chi connectivity index (χ2n) is 12.8. The van der Waals surface area contributed by atoms with E-state index in [1.807, 2.05) is 0 Å². The molecule has 1 aromatic rings. The number of ether oxygens (including phenoxy) is 1. The first-order chi connectivity index (χ1) is 16.0. The van der Waals surface area contributed by atoms with Crippen LogP contribution in [0.5, 0.6) is 0 Å². The number of hydrogen-bond acceptors (Lipinski definition) is 2. The minimum absolute atomic E-state index is 0.541. The Kier molecular flexibility index (Phi) is 6.98. The first kappa shape index (κ1) is 23.9. The van der Waals surface area contributed by atoms with Gasteiger partial charge < -0.3 is 10.1 Å². The van der Waals surface area contributed by atoms with Gasteiger partial charge in [0.15, 0.2) is 0 Å². The maximum atomic E-state index is 5.84. The standard InChI is InChI=1S/C31H49NO/c1-5-33-21-24-15-17-30(3)25(19-24)11-12-26-28-14-13-27(31(28,4)18-16-29(26)30)22(2)32-20-23-9-7-6-8-10-23/h6-10,22,24-29,32H,5,11-21H2,1-4H3/t22-,24+,25-,26+,27?,28?,29?,30+,31-/m1/s1. The Morgan fingerprint density at radius 1 is 0.939 bits per heavy atom. The molecular formula is C31H49NO. The van der Waals surface area contributed by atoms with Crippen molar-refractivity contribution < 1.29 is 4.74 Å². The van der Waals surface area contributed by atoms with Crippen molar-refractivity contribution in [2.75, 3.05) is 13.2 Å². The van der Waals surface area contributed by atoms with Crippen molar-refractivity contribution >= 4 is 0 Å². The smallest absolute Gasteiger partial charge is 0.0494 e. The first-order valence-electron chi connectivity index (χ1n) is 14.3. The molecule has 0 saturated heterocycles. The average molecular weight is 452 g/mol. The highest BCUT2D eigenvalue weighted by atomic mass is 16.5. The SMILES string of the molecule is CCOC[C@H]1CC[C@]2(C)C3CC[C@@]4(C)C(CCC4[C@@H](C)NCc4ccccc4)[C@@H]3CC[C@@H]2C1. The topological polar surface area (TPSA) is 21.3 Å². The highest BCUT2D eigenvalue weighted by molar-refractivity contribution is 5.15. The molecule has 0 aliphatic heterocycles. The van der Waals surface area contributed by atoms with Gasteiger partial charge in [0.05, 0.1) is 0 Å². The fourth-order valence-corrected chi connectivity index (χ4v) is 9.66. The van der Waals surface area contributed by atoms with E-state index >= 15 is 0 Å². The predicted octanol–water partition coefficient (Wildman–Crippen LogP) is 7.48. The van der Waals surface area contributed by atoms with Crippen molar-refractivity contribution in [3.05, 3.63) is 35.9 Å². The molecule has 0 amide bonds. The zero-order chi connectivity index (χ0) is 23.1. The van der Waals surface area contributed by atoms with Crippen LogP contribution in [0, 0.1) is 46.3 Å². The first-order valence-corrected chi connectivity index (χ1v) is 14.3. The van der Waals surface area contributed by atoms with Crippen molar-refractivity contribution in [1.82, 2.24) is 5.32 Å². The molecule has 0 heterocycles. The van der Waals surface area contributed by atoms with Gasteiger partial charge in [-0.3, -0.25) is 0 Å². The van der Waals surface area contributed by atoms with E-state index in [9.17, 15) is 0 Å². The summed E-state index contributed by atoms with van der Waals surface area (Å²) in [6, 6.07) is 11.6. The van der Waals surface area contributed by atoms with Crippen molar-refractivity contribution in [2.24, 2.45) is 46.3 Å². The third-order valence-corrected chi connectivity index (χ3v) is 11.5. The third kappa shape index (κ3) is 4.33. The summed E-state index contributed by atoms with van der Waals surface area (Å²) in [4.78, 5) is 0. The molecule has 2 nitrogen and oxygen atoms in total. The van der Waals surface area contributed by atoms with Crippen LogP contribution in [0.1, 0.15) is 91.0 Å². The maximum absolute atomic E-state index is 5.84. The van der Waals surface area contributed by atoms with Gasteiger partial charge in [-0.1, -0.05) is 44.2 Å². The van der Waals surface area contributed by atoms with Gasteiger partial charge in [-0.05, 0) is 124 Å². The van der Waals surface area contributed by atoms with Crippen molar-refractivity contribution in [2.45, 2.75) is 98.1 Å². The Bertz CT molecular complexity index is 778. The molecule has 1 N–H and O–H groups in total. The number of fused-ring (bicyclic) bond motifs is 5. The van der Waals surface area contributed by atoms with E-state index in [0.29, 0.717) is 16.9 Å². The van der Waals surface area contributed by atoms with E-state index in [-0.39, 0.29) is 0 Å². The molecule has 0 bridgehead atoms. The highest BCUT2D eigenvalue weighted by Gasteiger charge is 2.60. The van der Waals surface area contributed by atoms with E-state index in [1.165, 1.54) is 63.4 Å². The molecule has 5 rings (SSSR count). The molecule has 33 heavy (non-hydrogen) atoms. The number of hydrogen-bond donors (Lipinski definition) is 1. The molecule has 4 saturated carbocycles. The molecule has 4 aliphatic rings. The average Bonchev–Trinajstić information content (AvgIpc) is 3.19. The zero-order valence-electron chi connectivity index (χ0n) is 21.8. The maximum Gasteiger partial charge on any atom is 0.0494 e. The lowest BCUT2D eigenvalue weighted by Gasteiger charge is -2.61. The van der Waals surface area contributed by atoms with Gasteiger partial charge in [-0.25, -0.2) is 0 Å². The predicted molar refractivity (Wildman–Crippen MR) is 138 cm³/mol. The van der Waals surface area contributed by atoms with Gasteiger partial charge in [0.2, 0.25) is 0 Å². The largest absolute Gasteiger partial charge is 0.381 e. The summed E-state index contributed by atoms with van der Waals surface area (Å²) in [6.07, 6.45) is 13.2. The minimum atomic E-state index is 0.541. The second kappa shape index (κ2) is 9.65. The van der Waals surface area contributed by atoms with Crippen LogP contribution >= 0.6 is 0 Å². The van der Waals surface area contributed by atoms with Crippen LogP contribution in [-0.2, 0) is 11.3 Å². The van der Waals surface area contributed by atoms with Crippen LogP contribution in [0.15, 0.2) is 30.3 Å². The Labute approximate surface area is 203 Å². The van der Waals surface area contributed by atoms with Crippen molar-refractivity contribution in [1.29, 1.82) is 0 Å². The van der Waals surface area contributed by atoms with Crippen molar-refractivity contribution in [3.63, 3.8) is 0 Å². The lowest BCUT2D eigenvalue weighted by molar-refractivity contribution is -0.123. The minimum Gasteiger partial charge on any atom is -0.381 e. The number of benzene rings is 1. The highest BCUT2D eigenvalue weighted by Crippen LogP contribution is 2.68. The third-order valence-electron chi connectivity index (χ3n) is 11.5. The zero-order valence-corrected chi connectivity index (χ0v) is 21.8. The monoisotopic (exact) mass is 451 g/mol. The van der Waals surface area contributed by atoms with E-state index < -0.39 is 0 Å². The molecule has 2 heteroatoms. The van der Waals surface area contributed by atoms with E-state index in [0.717, 1.165) is 55.3 Å². The Hall–Kier alpha value is -0.860. The quantitative estimate of drug-likeness (QED) is 0.464. The molecule has 0 aromatic heterocycles. The van der Waals surface area contributed by atoms with Gasteiger partial charge >= 0.3 is 0 Å². The molecular weight excluding hydrogens is 402 g/mol. The number of nitrogens with one attached hydrogen (secondary N) is 1. The van der Waals surface area contributed by atoms with Crippen molar-refractivity contribution in [3.8, 4) is 0 Å². The van der Waals surface area contributed by atoms with E-state index in [2.05, 4.69) is 63.3 Å². The van der Waals surface area contributed by atoms with Gasteiger partial charge in [-0.2, -0.15) is 0 Å². The van der Waals surface area contributed by atoms with Crippen LogP contribution in [0.2, 0.25) is 0 Å². The molecule has 184 valence electrons. The molecule has 4 aliphatic carbocycles. The molecule has 4 fully saturated rings. The van der Waals surface area contributed by atoms with Crippen LogP contribution in [-0.4, -0.2) is 19.3 Å². The van der Waals surface area contributed by atoms with Gasteiger partial charge in [-0.15, -0.1) is 0 Å². The molecule has 0 spiro atoms. The Balaban J connectivity index is 1.25. The summed E-state index contributed by atoms with van der Waals surface area (Å²) >= 11 is 0. The lowest BCUT2D eigenvalue weighted by Crippen LogP contribution is -2.54. The Morgan fingerprint density at radius 2 is 1.70 bits per heavy atom. The summed E-state index contributed by atoms with van der Waals surface area (Å²) in [5.74, 6) is 5.53. The van der Waals surface area contributed by atoms with E-state index in [1.54, 1.807) is 0 Å². The molecule has 1 aromatic carbocycles. The van der Waals surface area contributed by atoms with Gasteiger partial charge in [0.1, 0.15) is 0 Å². The van der Waals surface area contributed by atoms with E-state index in [4.69, 9.17) is 4.74 Å². The number of rotatable bonds is 7. The molecule has 0 radical (unpaired) electrons. The fraction of sp³-hybridized carbons (Fsp3) is 0.806. The van der Waals surface area contributed by atoms with Crippen LogP contribution in [0.3, 0.4) is 0 Å². The van der Waals surface area contributed by atoms with Crippen LogP contribution < -0.4 is 5.32 Å². The summed E-state index contributed by atoms with van der Waals surface area (Å²) in [6.45, 7) is 12.9.